The highest BCUT2D eigenvalue weighted by Gasteiger charge is 2.20. The van der Waals surface area contributed by atoms with Gasteiger partial charge in [-0.25, -0.2) is 0 Å². The Bertz CT molecular complexity index is 971. The summed E-state index contributed by atoms with van der Waals surface area (Å²) in [4.78, 5) is 7.70. The second-order valence-electron chi connectivity index (χ2n) is 10.9. The van der Waals surface area contributed by atoms with E-state index in [0.29, 0.717) is 0 Å². The first-order chi connectivity index (χ1) is 19.6. The largest absolute Gasteiger partial charge is 0.372 e. The lowest BCUT2D eigenvalue weighted by molar-refractivity contribution is 0.745. The third-order valence-corrected chi connectivity index (χ3v) is 9.70. The van der Waals surface area contributed by atoms with Crippen LogP contribution in [-0.4, -0.2) is 39.3 Å². The van der Waals surface area contributed by atoms with Crippen LogP contribution < -0.4 is 30.6 Å². The van der Waals surface area contributed by atoms with Crippen molar-refractivity contribution in [1.29, 1.82) is 0 Å². The number of hydrogen-bond acceptors (Lipinski definition) is 3. The van der Waals surface area contributed by atoms with Crippen LogP contribution in [0.5, 0.6) is 0 Å². The van der Waals surface area contributed by atoms with E-state index in [4.69, 9.17) is 0 Å². The first kappa shape index (κ1) is 32.0. The van der Waals surface area contributed by atoms with Crippen LogP contribution in [0.2, 0.25) is 0 Å². The second-order valence-corrected chi connectivity index (χ2v) is 13.1. The van der Waals surface area contributed by atoms with E-state index in [0.717, 1.165) is 39.3 Å². The van der Waals surface area contributed by atoms with Gasteiger partial charge in [0.1, 0.15) is 0 Å². The zero-order valence-electron chi connectivity index (χ0n) is 26.2. The van der Waals surface area contributed by atoms with E-state index < -0.39 is 7.92 Å². The predicted molar refractivity (Wildman–Crippen MR) is 184 cm³/mol. The minimum atomic E-state index is -0.705. The normalized spacial score (nSPS) is 11.2. The monoisotopic (exact) mass is 559 g/mol. The lowest BCUT2D eigenvalue weighted by atomic mass is 10.2. The van der Waals surface area contributed by atoms with Gasteiger partial charge in [0.2, 0.25) is 0 Å². The molecule has 4 heteroatoms. The highest BCUT2D eigenvalue weighted by molar-refractivity contribution is 7.79. The maximum absolute atomic E-state index is 2.57. The number of anilines is 3. The summed E-state index contributed by atoms with van der Waals surface area (Å²) < 4.78 is 0. The molecule has 0 spiro atoms. The van der Waals surface area contributed by atoms with Crippen molar-refractivity contribution in [2.75, 3.05) is 54.0 Å². The molecule has 0 saturated carbocycles. The van der Waals surface area contributed by atoms with E-state index in [-0.39, 0.29) is 0 Å². The van der Waals surface area contributed by atoms with Gasteiger partial charge in [-0.1, -0.05) is 77.9 Å². The van der Waals surface area contributed by atoms with Gasteiger partial charge in [-0.3, -0.25) is 0 Å². The Morgan fingerprint density at radius 1 is 0.400 bits per heavy atom. The standard InChI is InChI=1S/C36H54N3P/c1-7-22-37(23-8-2)31-16-13-19-34(28-31)40(35-20-14-17-32(29-35)38(24-9-3)25-10-4)36-21-15-18-33(30-36)39(26-11-5)27-12-6/h13-21,28-30H,7-12,22-27H2,1-6H3. The molecule has 0 aliphatic carbocycles. The van der Waals surface area contributed by atoms with Crippen molar-refractivity contribution in [3.05, 3.63) is 72.8 Å². The van der Waals surface area contributed by atoms with Crippen LogP contribution in [0, 0.1) is 0 Å². The quantitative estimate of drug-likeness (QED) is 0.145. The van der Waals surface area contributed by atoms with E-state index in [1.165, 1.54) is 71.5 Å². The molecule has 3 aromatic rings. The van der Waals surface area contributed by atoms with Crippen molar-refractivity contribution in [3.8, 4) is 0 Å². The first-order valence-corrected chi connectivity index (χ1v) is 17.3. The Kier molecular flexibility index (Phi) is 13.9. The molecule has 0 fully saturated rings. The van der Waals surface area contributed by atoms with Gasteiger partial charge >= 0.3 is 0 Å². The predicted octanol–water partition coefficient (Wildman–Crippen LogP) is 8.32. The minimum absolute atomic E-state index is 0.705. The summed E-state index contributed by atoms with van der Waals surface area (Å²) in [5, 5.41) is 4.32. The molecule has 0 unspecified atom stereocenters. The average Bonchev–Trinajstić information content (AvgIpc) is 2.97. The molecule has 0 bridgehead atoms. The van der Waals surface area contributed by atoms with Crippen LogP contribution in [0.25, 0.3) is 0 Å². The molecule has 0 atom stereocenters. The Labute approximate surface area is 247 Å². The SMILES string of the molecule is CCCN(CCC)c1cccc(P(c2cccc(N(CCC)CCC)c2)c2cccc(N(CCC)CCC)c2)c1. The number of benzene rings is 3. The lowest BCUT2D eigenvalue weighted by Gasteiger charge is -2.29. The number of nitrogens with zero attached hydrogens (tertiary/aromatic N) is 3. The lowest BCUT2D eigenvalue weighted by Crippen LogP contribution is -2.29. The molecule has 0 aliphatic heterocycles. The van der Waals surface area contributed by atoms with Gasteiger partial charge in [0.25, 0.3) is 0 Å². The first-order valence-electron chi connectivity index (χ1n) is 15.9. The van der Waals surface area contributed by atoms with Crippen LogP contribution in [0.1, 0.15) is 80.1 Å². The third-order valence-electron chi connectivity index (χ3n) is 7.32. The molecular weight excluding hydrogens is 505 g/mol. The summed E-state index contributed by atoms with van der Waals surface area (Å²) in [5.74, 6) is 0. The minimum Gasteiger partial charge on any atom is -0.372 e. The van der Waals surface area contributed by atoms with Gasteiger partial charge in [-0.2, -0.15) is 0 Å². The summed E-state index contributed by atoms with van der Waals surface area (Å²) in [7, 11) is -0.705. The molecule has 218 valence electrons. The fraction of sp³-hybridized carbons (Fsp3) is 0.500. The molecule has 40 heavy (non-hydrogen) atoms. The van der Waals surface area contributed by atoms with Gasteiger partial charge in [0.15, 0.2) is 0 Å². The fourth-order valence-corrected chi connectivity index (χ4v) is 8.05. The van der Waals surface area contributed by atoms with Crippen molar-refractivity contribution >= 4 is 40.9 Å². The van der Waals surface area contributed by atoms with Crippen LogP contribution in [0.4, 0.5) is 17.1 Å². The van der Waals surface area contributed by atoms with E-state index in [1.54, 1.807) is 0 Å². The molecule has 0 heterocycles. The van der Waals surface area contributed by atoms with Crippen LogP contribution in [0.15, 0.2) is 72.8 Å². The fourth-order valence-electron chi connectivity index (χ4n) is 5.66. The van der Waals surface area contributed by atoms with Gasteiger partial charge in [-0.05, 0) is 98.8 Å². The molecule has 3 aromatic carbocycles. The number of rotatable bonds is 18. The second kappa shape index (κ2) is 17.3. The van der Waals surface area contributed by atoms with Gasteiger partial charge in [-0.15, -0.1) is 0 Å². The Morgan fingerprint density at radius 2 is 0.650 bits per heavy atom. The Balaban J connectivity index is 2.16. The van der Waals surface area contributed by atoms with Crippen LogP contribution >= 0.6 is 7.92 Å². The molecule has 0 amide bonds. The third kappa shape index (κ3) is 8.74. The number of hydrogen-bond donors (Lipinski definition) is 0. The zero-order valence-corrected chi connectivity index (χ0v) is 27.1. The highest BCUT2D eigenvalue weighted by Crippen LogP contribution is 2.36. The Morgan fingerprint density at radius 3 is 0.875 bits per heavy atom. The van der Waals surface area contributed by atoms with Crippen molar-refractivity contribution in [3.63, 3.8) is 0 Å². The van der Waals surface area contributed by atoms with E-state index >= 15 is 0 Å². The van der Waals surface area contributed by atoms with Crippen molar-refractivity contribution < 1.29 is 0 Å². The van der Waals surface area contributed by atoms with Crippen molar-refractivity contribution in [2.45, 2.75) is 80.1 Å². The molecule has 0 saturated heterocycles. The molecule has 3 nitrogen and oxygen atoms in total. The van der Waals surface area contributed by atoms with E-state index in [9.17, 15) is 0 Å². The summed E-state index contributed by atoms with van der Waals surface area (Å²) in [5.41, 5.74) is 4.08. The molecule has 0 radical (unpaired) electrons. The van der Waals surface area contributed by atoms with Crippen molar-refractivity contribution in [2.24, 2.45) is 0 Å². The smallest absolute Gasteiger partial charge is 0.0372 e. The van der Waals surface area contributed by atoms with Crippen molar-refractivity contribution in [1.82, 2.24) is 0 Å². The van der Waals surface area contributed by atoms with Gasteiger partial charge in [0.05, 0.1) is 0 Å². The average molecular weight is 560 g/mol. The molecule has 3 rings (SSSR count). The van der Waals surface area contributed by atoms with Crippen LogP contribution in [0.3, 0.4) is 0 Å². The summed E-state index contributed by atoms with van der Waals surface area (Å²) in [6.07, 6.45) is 6.99. The van der Waals surface area contributed by atoms with Crippen LogP contribution in [-0.2, 0) is 0 Å². The molecular formula is C36H54N3P. The topological polar surface area (TPSA) is 9.72 Å². The van der Waals surface area contributed by atoms with Gasteiger partial charge in [0, 0.05) is 56.3 Å². The van der Waals surface area contributed by atoms with Gasteiger partial charge < -0.3 is 14.7 Å². The summed E-state index contributed by atoms with van der Waals surface area (Å²) >= 11 is 0. The van der Waals surface area contributed by atoms with E-state index in [2.05, 4.69) is 129 Å². The maximum Gasteiger partial charge on any atom is 0.0372 e. The summed E-state index contributed by atoms with van der Waals surface area (Å²) in [6.45, 7) is 20.3. The molecule has 0 aromatic heterocycles. The molecule has 0 aliphatic rings. The summed E-state index contributed by atoms with van der Waals surface area (Å²) in [6, 6.07) is 28.4. The van der Waals surface area contributed by atoms with E-state index in [1.807, 2.05) is 0 Å². The molecule has 0 N–H and O–H groups in total. The Hall–Kier alpha value is -2.51. The highest BCUT2D eigenvalue weighted by atomic mass is 31.1. The zero-order chi connectivity index (χ0) is 28.7. The maximum atomic E-state index is 2.57.